The average molecular weight is 331 g/mol. The molecule has 2 aromatic rings. The Labute approximate surface area is 143 Å². The van der Waals surface area contributed by atoms with Crippen molar-refractivity contribution in [3.8, 4) is 0 Å². The molecule has 3 nitrogen and oxygen atoms in total. The van der Waals surface area contributed by atoms with Crippen molar-refractivity contribution in [1.29, 1.82) is 0 Å². The van der Waals surface area contributed by atoms with Gasteiger partial charge in [0, 0.05) is 30.2 Å². The van der Waals surface area contributed by atoms with Gasteiger partial charge in [0.05, 0.1) is 0 Å². The maximum Gasteiger partial charge on any atom is 0.221 e. The van der Waals surface area contributed by atoms with Gasteiger partial charge in [0.25, 0.3) is 0 Å². The van der Waals surface area contributed by atoms with Crippen LogP contribution in [-0.2, 0) is 11.2 Å². The zero-order valence-corrected chi connectivity index (χ0v) is 14.2. The molecule has 0 aliphatic carbocycles. The molecule has 4 heteroatoms. The summed E-state index contributed by atoms with van der Waals surface area (Å²) < 4.78 is 0. The molecule has 0 bridgehead atoms. The van der Waals surface area contributed by atoms with Crippen molar-refractivity contribution in [2.24, 2.45) is 0 Å². The maximum atomic E-state index is 11.8. The highest BCUT2D eigenvalue weighted by molar-refractivity contribution is 6.30. The molecule has 1 amide bonds. The second-order valence-electron chi connectivity index (χ2n) is 5.58. The van der Waals surface area contributed by atoms with Crippen LogP contribution in [0, 0.1) is 6.92 Å². The Kier molecular flexibility index (Phi) is 6.95. The Morgan fingerprint density at radius 2 is 1.87 bits per heavy atom. The van der Waals surface area contributed by atoms with E-state index in [1.54, 1.807) is 0 Å². The average Bonchev–Trinajstić information content (AvgIpc) is 2.56. The highest BCUT2D eigenvalue weighted by atomic mass is 35.5. The predicted molar refractivity (Wildman–Crippen MR) is 97.1 cm³/mol. The fourth-order valence-corrected chi connectivity index (χ4v) is 2.52. The van der Waals surface area contributed by atoms with E-state index in [2.05, 4.69) is 22.8 Å². The van der Waals surface area contributed by atoms with Gasteiger partial charge in [-0.2, -0.15) is 0 Å². The van der Waals surface area contributed by atoms with Crippen LogP contribution >= 0.6 is 11.6 Å². The minimum Gasteiger partial charge on any atom is -0.384 e. The number of carbonyl (C=O) groups excluding carboxylic acids is 1. The highest BCUT2D eigenvalue weighted by Crippen LogP contribution is 2.19. The summed E-state index contributed by atoms with van der Waals surface area (Å²) in [7, 11) is 0. The van der Waals surface area contributed by atoms with Crippen LogP contribution in [0.2, 0.25) is 5.02 Å². The van der Waals surface area contributed by atoms with Gasteiger partial charge < -0.3 is 10.6 Å². The van der Waals surface area contributed by atoms with Crippen molar-refractivity contribution >= 4 is 23.2 Å². The van der Waals surface area contributed by atoms with Gasteiger partial charge in [0.2, 0.25) is 5.91 Å². The van der Waals surface area contributed by atoms with E-state index in [1.807, 2.05) is 43.3 Å². The van der Waals surface area contributed by atoms with Gasteiger partial charge in [-0.15, -0.1) is 0 Å². The van der Waals surface area contributed by atoms with Crippen LogP contribution in [0.1, 0.15) is 24.0 Å². The molecule has 2 aromatic carbocycles. The molecule has 122 valence electrons. The summed E-state index contributed by atoms with van der Waals surface area (Å²) >= 11 is 5.97. The summed E-state index contributed by atoms with van der Waals surface area (Å²) in [4.78, 5) is 11.8. The quantitative estimate of drug-likeness (QED) is 0.712. The Balaban J connectivity index is 1.61. The SMILES string of the molecule is Cc1ccc(Cl)cc1NCCC(=O)NCCCc1ccccc1. The van der Waals surface area contributed by atoms with E-state index in [0.717, 1.165) is 24.1 Å². The lowest BCUT2D eigenvalue weighted by molar-refractivity contribution is -0.120. The molecule has 0 spiro atoms. The van der Waals surface area contributed by atoms with Gasteiger partial charge in [-0.05, 0) is 43.0 Å². The van der Waals surface area contributed by atoms with E-state index < -0.39 is 0 Å². The predicted octanol–water partition coefficient (Wildman–Crippen LogP) is 4.20. The van der Waals surface area contributed by atoms with Crippen molar-refractivity contribution in [2.45, 2.75) is 26.2 Å². The molecule has 2 N–H and O–H groups in total. The van der Waals surface area contributed by atoms with Crippen LogP contribution in [-0.4, -0.2) is 19.0 Å². The fourth-order valence-electron chi connectivity index (χ4n) is 2.35. The first-order valence-electron chi connectivity index (χ1n) is 7.96. The van der Waals surface area contributed by atoms with Crippen molar-refractivity contribution in [2.75, 3.05) is 18.4 Å². The monoisotopic (exact) mass is 330 g/mol. The molecule has 0 atom stereocenters. The zero-order valence-electron chi connectivity index (χ0n) is 13.4. The van der Waals surface area contributed by atoms with Crippen LogP contribution in [0.25, 0.3) is 0 Å². The summed E-state index contributed by atoms with van der Waals surface area (Å²) in [6, 6.07) is 16.0. The molecule has 0 aromatic heterocycles. The molecule has 23 heavy (non-hydrogen) atoms. The van der Waals surface area contributed by atoms with E-state index >= 15 is 0 Å². The summed E-state index contributed by atoms with van der Waals surface area (Å²) in [5.74, 6) is 0.0743. The van der Waals surface area contributed by atoms with Crippen molar-refractivity contribution in [3.63, 3.8) is 0 Å². The lowest BCUT2D eigenvalue weighted by Gasteiger charge is -2.10. The number of benzene rings is 2. The highest BCUT2D eigenvalue weighted by Gasteiger charge is 2.03. The smallest absolute Gasteiger partial charge is 0.221 e. The topological polar surface area (TPSA) is 41.1 Å². The Hall–Kier alpha value is -2.00. The molecule has 0 fully saturated rings. The standard InChI is InChI=1S/C19H23ClN2O/c1-15-9-10-17(20)14-18(15)21-13-11-19(23)22-12-5-8-16-6-3-2-4-7-16/h2-4,6-7,9-10,14,21H,5,8,11-13H2,1H3,(H,22,23). The largest absolute Gasteiger partial charge is 0.384 e. The number of amides is 1. The minimum absolute atomic E-state index is 0.0743. The molecule has 0 radical (unpaired) electrons. The summed E-state index contributed by atoms with van der Waals surface area (Å²) in [6.45, 7) is 3.33. The number of hydrogen-bond donors (Lipinski definition) is 2. The van der Waals surface area contributed by atoms with E-state index in [1.165, 1.54) is 5.56 Å². The van der Waals surface area contributed by atoms with E-state index in [4.69, 9.17) is 11.6 Å². The summed E-state index contributed by atoms with van der Waals surface area (Å²) in [5, 5.41) is 6.91. The van der Waals surface area contributed by atoms with Gasteiger partial charge >= 0.3 is 0 Å². The normalized spacial score (nSPS) is 10.3. The van der Waals surface area contributed by atoms with Crippen molar-refractivity contribution < 1.29 is 4.79 Å². The maximum absolute atomic E-state index is 11.8. The van der Waals surface area contributed by atoms with Gasteiger partial charge in [-0.1, -0.05) is 48.0 Å². The molecular weight excluding hydrogens is 308 g/mol. The molecule has 0 saturated heterocycles. The van der Waals surface area contributed by atoms with Gasteiger partial charge in [-0.25, -0.2) is 0 Å². The van der Waals surface area contributed by atoms with E-state index in [-0.39, 0.29) is 5.91 Å². The minimum atomic E-state index is 0.0743. The Morgan fingerprint density at radius 3 is 2.65 bits per heavy atom. The third-order valence-corrected chi connectivity index (χ3v) is 3.91. The Bertz CT molecular complexity index is 629. The number of hydrogen-bond acceptors (Lipinski definition) is 2. The molecule has 0 unspecified atom stereocenters. The number of anilines is 1. The first-order chi connectivity index (χ1) is 11.1. The molecule has 0 aliphatic heterocycles. The molecule has 0 saturated carbocycles. The van der Waals surface area contributed by atoms with E-state index in [0.29, 0.717) is 24.5 Å². The fraction of sp³-hybridized carbons (Fsp3) is 0.316. The van der Waals surface area contributed by atoms with Gasteiger partial charge in [0.15, 0.2) is 0 Å². The molecular formula is C19H23ClN2O. The number of aryl methyl sites for hydroxylation is 2. The van der Waals surface area contributed by atoms with Crippen LogP contribution in [0.5, 0.6) is 0 Å². The number of nitrogens with one attached hydrogen (secondary N) is 2. The van der Waals surface area contributed by atoms with E-state index in [9.17, 15) is 4.79 Å². The third kappa shape index (κ3) is 6.33. The lowest BCUT2D eigenvalue weighted by atomic mass is 10.1. The van der Waals surface area contributed by atoms with Crippen LogP contribution in [0.15, 0.2) is 48.5 Å². The zero-order chi connectivity index (χ0) is 16.5. The van der Waals surface area contributed by atoms with Gasteiger partial charge in [0.1, 0.15) is 0 Å². The molecule has 0 aliphatic rings. The number of halogens is 1. The van der Waals surface area contributed by atoms with Crippen molar-refractivity contribution in [1.82, 2.24) is 5.32 Å². The third-order valence-electron chi connectivity index (χ3n) is 3.67. The van der Waals surface area contributed by atoms with Crippen LogP contribution < -0.4 is 10.6 Å². The molecule has 2 rings (SSSR count). The summed E-state index contributed by atoms with van der Waals surface area (Å²) in [6.07, 6.45) is 2.40. The summed E-state index contributed by atoms with van der Waals surface area (Å²) in [5.41, 5.74) is 3.41. The molecule has 0 heterocycles. The Morgan fingerprint density at radius 1 is 1.09 bits per heavy atom. The first-order valence-corrected chi connectivity index (χ1v) is 8.33. The number of rotatable bonds is 8. The second kappa shape index (κ2) is 9.21. The number of carbonyl (C=O) groups is 1. The van der Waals surface area contributed by atoms with Crippen molar-refractivity contribution in [3.05, 3.63) is 64.7 Å². The van der Waals surface area contributed by atoms with Crippen LogP contribution in [0.4, 0.5) is 5.69 Å². The lowest BCUT2D eigenvalue weighted by Crippen LogP contribution is -2.26. The second-order valence-corrected chi connectivity index (χ2v) is 6.01. The van der Waals surface area contributed by atoms with Crippen LogP contribution in [0.3, 0.4) is 0 Å². The first kappa shape index (κ1) is 17.4. The van der Waals surface area contributed by atoms with Gasteiger partial charge in [-0.3, -0.25) is 4.79 Å².